The minimum Gasteiger partial charge on any atom is -0.396 e. The lowest BCUT2D eigenvalue weighted by atomic mass is 10.1. The van der Waals surface area contributed by atoms with Crippen LogP contribution in [0.4, 0.5) is 10.1 Å². The molecule has 3 N–H and O–H groups in total. The highest BCUT2D eigenvalue weighted by Crippen LogP contribution is 2.32. The van der Waals surface area contributed by atoms with Crippen LogP contribution in [0.3, 0.4) is 0 Å². The lowest BCUT2D eigenvalue weighted by Gasteiger charge is -2.12. The first-order valence-electron chi connectivity index (χ1n) is 5.44. The highest BCUT2D eigenvalue weighted by atomic mass is 19.1. The average Bonchev–Trinajstić information content (AvgIpc) is 3.05. The number of halogens is 1. The van der Waals surface area contributed by atoms with Crippen LogP contribution in [0.2, 0.25) is 0 Å². The third-order valence-corrected chi connectivity index (χ3v) is 2.95. The topological polar surface area (TPSA) is 55.1 Å². The molecule has 86 valence electrons. The molecule has 0 aromatic heterocycles. The molecule has 16 heavy (non-hydrogen) atoms. The van der Waals surface area contributed by atoms with Gasteiger partial charge in [-0.15, -0.1) is 0 Å². The maximum Gasteiger partial charge on any atom is 0.251 e. The molecule has 2 rings (SSSR count). The summed E-state index contributed by atoms with van der Waals surface area (Å²) in [6.07, 6.45) is 2.35. The predicted octanol–water partition coefficient (Wildman–Crippen LogP) is 1.94. The molecule has 1 aliphatic rings. The normalized spacial score (nSPS) is 16.9. The van der Waals surface area contributed by atoms with Gasteiger partial charge in [-0.05, 0) is 43.9 Å². The third kappa shape index (κ3) is 2.32. The molecular weight excluding hydrogens is 207 g/mol. The fourth-order valence-corrected chi connectivity index (χ4v) is 1.69. The van der Waals surface area contributed by atoms with E-state index in [1.807, 2.05) is 6.92 Å². The van der Waals surface area contributed by atoms with E-state index >= 15 is 0 Å². The molecule has 0 spiro atoms. The fraction of sp³-hybridized carbons (Fsp3) is 0.417. The van der Waals surface area contributed by atoms with Crippen molar-refractivity contribution in [3.05, 3.63) is 29.6 Å². The molecule has 1 aromatic rings. The Morgan fingerprint density at radius 1 is 1.56 bits per heavy atom. The molecule has 1 unspecified atom stereocenters. The van der Waals surface area contributed by atoms with Gasteiger partial charge in [-0.25, -0.2) is 4.39 Å². The number of nitrogens with one attached hydrogen (secondary N) is 1. The smallest absolute Gasteiger partial charge is 0.251 e. The van der Waals surface area contributed by atoms with Crippen LogP contribution in [0.15, 0.2) is 18.2 Å². The second-order valence-corrected chi connectivity index (χ2v) is 4.34. The van der Waals surface area contributed by atoms with Gasteiger partial charge in [-0.1, -0.05) is 0 Å². The predicted molar refractivity (Wildman–Crippen MR) is 60.5 cm³/mol. The largest absolute Gasteiger partial charge is 0.396 e. The van der Waals surface area contributed by atoms with E-state index in [4.69, 9.17) is 5.73 Å². The number of rotatable bonds is 3. The first-order valence-corrected chi connectivity index (χ1v) is 5.44. The van der Waals surface area contributed by atoms with E-state index in [0.29, 0.717) is 11.5 Å². The Hall–Kier alpha value is -1.58. The Morgan fingerprint density at radius 2 is 2.25 bits per heavy atom. The molecule has 0 bridgehead atoms. The standard InChI is InChI=1S/C12H15FN2O/c1-7(8-2-3-8)15-12(16)9-4-5-10(13)11(14)6-9/h4-8H,2-3,14H2,1H3,(H,15,16). The maximum absolute atomic E-state index is 12.9. The van der Waals surface area contributed by atoms with Crippen molar-refractivity contribution in [2.24, 2.45) is 5.92 Å². The number of nitrogens with two attached hydrogens (primary N) is 1. The number of amides is 1. The Kier molecular flexibility index (Phi) is 2.81. The number of hydrogen-bond acceptors (Lipinski definition) is 2. The molecule has 0 saturated heterocycles. The van der Waals surface area contributed by atoms with Crippen molar-refractivity contribution in [2.75, 3.05) is 5.73 Å². The molecule has 1 atom stereocenters. The fourth-order valence-electron chi connectivity index (χ4n) is 1.69. The molecule has 0 heterocycles. The molecule has 1 aliphatic carbocycles. The number of carbonyl (C=O) groups is 1. The van der Waals surface area contributed by atoms with Crippen LogP contribution in [0.25, 0.3) is 0 Å². The SMILES string of the molecule is CC(NC(=O)c1ccc(F)c(N)c1)C1CC1. The van der Waals surface area contributed by atoms with Crippen LogP contribution in [-0.4, -0.2) is 11.9 Å². The van der Waals surface area contributed by atoms with Gasteiger partial charge < -0.3 is 11.1 Å². The molecular formula is C12H15FN2O. The Balaban J connectivity index is 2.05. The summed E-state index contributed by atoms with van der Waals surface area (Å²) in [7, 11) is 0. The van der Waals surface area contributed by atoms with Crippen LogP contribution in [-0.2, 0) is 0 Å². The third-order valence-electron chi connectivity index (χ3n) is 2.95. The summed E-state index contributed by atoms with van der Waals surface area (Å²) < 4.78 is 12.9. The lowest BCUT2D eigenvalue weighted by Crippen LogP contribution is -2.34. The van der Waals surface area contributed by atoms with E-state index in [2.05, 4.69) is 5.32 Å². The summed E-state index contributed by atoms with van der Waals surface area (Å²) >= 11 is 0. The quantitative estimate of drug-likeness (QED) is 0.768. The zero-order chi connectivity index (χ0) is 11.7. The number of carbonyl (C=O) groups excluding carboxylic acids is 1. The summed E-state index contributed by atoms with van der Waals surface area (Å²) in [5, 5.41) is 2.89. The van der Waals surface area contributed by atoms with Crippen LogP contribution in [0, 0.1) is 11.7 Å². The van der Waals surface area contributed by atoms with Crippen LogP contribution < -0.4 is 11.1 Å². The second-order valence-electron chi connectivity index (χ2n) is 4.34. The van der Waals surface area contributed by atoms with Gasteiger partial charge in [0.1, 0.15) is 5.82 Å². The lowest BCUT2D eigenvalue weighted by molar-refractivity contribution is 0.0936. The van der Waals surface area contributed by atoms with Crippen molar-refractivity contribution in [3.8, 4) is 0 Å². The highest BCUT2D eigenvalue weighted by Gasteiger charge is 2.29. The molecule has 1 aromatic carbocycles. The first kappa shape index (κ1) is 10.9. The summed E-state index contributed by atoms with van der Waals surface area (Å²) in [4.78, 5) is 11.8. The van der Waals surface area contributed by atoms with Gasteiger partial charge in [0, 0.05) is 11.6 Å². The van der Waals surface area contributed by atoms with E-state index < -0.39 is 5.82 Å². The number of nitrogen functional groups attached to an aromatic ring is 1. The van der Waals surface area contributed by atoms with E-state index in [0.717, 1.165) is 0 Å². The average molecular weight is 222 g/mol. The molecule has 4 heteroatoms. The molecule has 0 radical (unpaired) electrons. The van der Waals surface area contributed by atoms with E-state index in [1.54, 1.807) is 0 Å². The Labute approximate surface area is 93.8 Å². The summed E-state index contributed by atoms with van der Waals surface area (Å²) in [5.74, 6) is -0.0837. The van der Waals surface area contributed by atoms with E-state index in [9.17, 15) is 9.18 Å². The van der Waals surface area contributed by atoms with Crippen molar-refractivity contribution in [2.45, 2.75) is 25.8 Å². The maximum atomic E-state index is 12.9. The molecule has 1 fully saturated rings. The summed E-state index contributed by atoms with van der Waals surface area (Å²) in [5.41, 5.74) is 5.82. The van der Waals surface area contributed by atoms with Crippen molar-refractivity contribution < 1.29 is 9.18 Å². The first-order chi connectivity index (χ1) is 7.58. The van der Waals surface area contributed by atoms with Gasteiger partial charge in [-0.3, -0.25) is 4.79 Å². The van der Waals surface area contributed by atoms with Crippen molar-refractivity contribution >= 4 is 11.6 Å². The van der Waals surface area contributed by atoms with Gasteiger partial charge >= 0.3 is 0 Å². The summed E-state index contributed by atoms with van der Waals surface area (Å²) in [6.45, 7) is 1.99. The van der Waals surface area contributed by atoms with Gasteiger partial charge in [0.05, 0.1) is 5.69 Å². The zero-order valence-corrected chi connectivity index (χ0v) is 9.16. The number of benzene rings is 1. The Morgan fingerprint density at radius 3 is 2.81 bits per heavy atom. The monoisotopic (exact) mass is 222 g/mol. The van der Waals surface area contributed by atoms with Crippen LogP contribution in [0.1, 0.15) is 30.1 Å². The molecule has 0 aliphatic heterocycles. The van der Waals surface area contributed by atoms with E-state index in [1.165, 1.54) is 31.0 Å². The second kappa shape index (κ2) is 4.12. The minimum atomic E-state index is -0.494. The van der Waals surface area contributed by atoms with Gasteiger partial charge in [0.2, 0.25) is 0 Å². The van der Waals surface area contributed by atoms with Crippen LogP contribution >= 0.6 is 0 Å². The zero-order valence-electron chi connectivity index (χ0n) is 9.16. The van der Waals surface area contributed by atoms with Gasteiger partial charge in [0.25, 0.3) is 5.91 Å². The number of hydrogen-bond donors (Lipinski definition) is 2. The van der Waals surface area contributed by atoms with Crippen molar-refractivity contribution in [3.63, 3.8) is 0 Å². The molecule has 1 saturated carbocycles. The Bertz CT molecular complexity index is 415. The van der Waals surface area contributed by atoms with E-state index in [-0.39, 0.29) is 17.6 Å². The van der Waals surface area contributed by atoms with Gasteiger partial charge in [0.15, 0.2) is 0 Å². The summed E-state index contributed by atoms with van der Waals surface area (Å²) in [6, 6.07) is 4.20. The molecule has 1 amide bonds. The van der Waals surface area contributed by atoms with Gasteiger partial charge in [-0.2, -0.15) is 0 Å². The van der Waals surface area contributed by atoms with Crippen LogP contribution in [0.5, 0.6) is 0 Å². The molecule has 3 nitrogen and oxygen atoms in total. The highest BCUT2D eigenvalue weighted by molar-refractivity contribution is 5.95. The minimum absolute atomic E-state index is 0.00623. The van der Waals surface area contributed by atoms with Crippen molar-refractivity contribution in [1.82, 2.24) is 5.32 Å². The van der Waals surface area contributed by atoms with Crippen molar-refractivity contribution in [1.29, 1.82) is 0 Å². The number of anilines is 1.